The molecule has 1 fully saturated rings. The summed E-state index contributed by atoms with van der Waals surface area (Å²) >= 11 is 11.9. The lowest BCUT2D eigenvalue weighted by molar-refractivity contribution is -0.0497. The number of hydrazone groups is 1. The van der Waals surface area contributed by atoms with E-state index < -0.39 is 24.8 Å². The first-order chi connectivity index (χ1) is 15.3. The summed E-state index contributed by atoms with van der Waals surface area (Å²) in [6.07, 6.45) is -0.486. The fourth-order valence-electron chi connectivity index (χ4n) is 3.38. The Morgan fingerprint density at radius 3 is 2.59 bits per heavy atom. The van der Waals surface area contributed by atoms with Gasteiger partial charge in [0.05, 0.1) is 29.9 Å². The lowest BCUT2D eigenvalue weighted by atomic mass is 10.0. The molecule has 2 heterocycles. The smallest absolute Gasteiger partial charge is 0.410 e. The molecule has 2 aromatic rings. The number of alkyl halides is 2. The standard InChI is InChI=1S/C20H16Cl2F2N4O4/c21-12-3-1-11(2-4-12)17-15(27-7-8-31-20(27)30)10-28(26-17)19(29)25-13-5-6-16(14(22)9-13)32-18(23)24/h1-6,9,15,18H,7-8,10H2,(H,25,29). The number of rotatable bonds is 5. The molecule has 0 aliphatic carbocycles. The SMILES string of the molecule is O=C(Nc1ccc(OC(F)F)c(Cl)c1)N1CC(N2CCOC2=O)C(c2ccc(Cl)cc2)=N1. The molecule has 32 heavy (non-hydrogen) atoms. The van der Waals surface area contributed by atoms with Crippen molar-refractivity contribution >= 4 is 46.7 Å². The van der Waals surface area contributed by atoms with Crippen LogP contribution >= 0.6 is 23.2 Å². The van der Waals surface area contributed by atoms with Crippen LogP contribution in [0.1, 0.15) is 5.56 Å². The van der Waals surface area contributed by atoms with E-state index in [4.69, 9.17) is 27.9 Å². The van der Waals surface area contributed by atoms with Gasteiger partial charge in [0.1, 0.15) is 12.4 Å². The van der Waals surface area contributed by atoms with Gasteiger partial charge in [-0.3, -0.25) is 4.90 Å². The van der Waals surface area contributed by atoms with Crippen LogP contribution in [-0.4, -0.2) is 60.1 Å². The van der Waals surface area contributed by atoms with Gasteiger partial charge in [-0.25, -0.2) is 14.6 Å². The Hall–Kier alpha value is -3.11. The number of nitrogens with zero attached hydrogens (tertiary/aromatic N) is 3. The molecule has 8 nitrogen and oxygen atoms in total. The van der Waals surface area contributed by atoms with Crippen molar-refractivity contribution in [3.8, 4) is 5.75 Å². The number of ether oxygens (including phenoxy) is 2. The summed E-state index contributed by atoms with van der Waals surface area (Å²) in [4.78, 5) is 26.5. The van der Waals surface area contributed by atoms with Crippen molar-refractivity contribution in [3.63, 3.8) is 0 Å². The third-order valence-electron chi connectivity index (χ3n) is 4.83. The number of carbonyl (C=O) groups is 2. The topological polar surface area (TPSA) is 83.5 Å². The molecule has 1 saturated heterocycles. The maximum atomic E-state index is 12.8. The van der Waals surface area contributed by atoms with Gasteiger partial charge in [0.25, 0.3) is 0 Å². The minimum atomic E-state index is -3.02. The first-order valence-corrected chi connectivity index (χ1v) is 10.2. The van der Waals surface area contributed by atoms with Crippen LogP contribution in [0.15, 0.2) is 47.6 Å². The van der Waals surface area contributed by atoms with Gasteiger partial charge in [0.2, 0.25) is 0 Å². The number of benzene rings is 2. The number of nitrogens with one attached hydrogen (secondary N) is 1. The zero-order valence-electron chi connectivity index (χ0n) is 16.3. The second-order valence-corrected chi connectivity index (χ2v) is 7.70. The lowest BCUT2D eigenvalue weighted by Crippen LogP contribution is -2.44. The minimum Gasteiger partial charge on any atom is -0.448 e. The summed E-state index contributed by atoms with van der Waals surface area (Å²) < 4.78 is 34.1. The molecular formula is C20H16Cl2F2N4O4. The van der Waals surface area contributed by atoms with Crippen molar-refractivity contribution < 1.29 is 27.8 Å². The van der Waals surface area contributed by atoms with Gasteiger partial charge in [-0.05, 0) is 30.3 Å². The average Bonchev–Trinajstić information content (AvgIpc) is 3.36. The summed E-state index contributed by atoms with van der Waals surface area (Å²) in [6.45, 7) is -2.31. The highest BCUT2D eigenvalue weighted by Crippen LogP contribution is 2.29. The third-order valence-corrected chi connectivity index (χ3v) is 5.38. The predicted molar refractivity (Wildman–Crippen MR) is 114 cm³/mol. The molecule has 1 unspecified atom stereocenters. The second-order valence-electron chi connectivity index (χ2n) is 6.85. The highest BCUT2D eigenvalue weighted by Gasteiger charge is 2.40. The first-order valence-electron chi connectivity index (χ1n) is 9.42. The fraction of sp³-hybridized carbons (Fsp3) is 0.250. The Morgan fingerprint density at radius 2 is 1.97 bits per heavy atom. The van der Waals surface area contributed by atoms with Crippen LogP contribution in [0.25, 0.3) is 0 Å². The highest BCUT2D eigenvalue weighted by molar-refractivity contribution is 6.32. The number of hydrogen-bond acceptors (Lipinski definition) is 5. The van der Waals surface area contributed by atoms with Gasteiger partial charge in [-0.2, -0.15) is 13.9 Å². The van der Waals surface area contributed by atoms with E-state index in [1.54, 1.807) is 24.3 Å². The van der Waals surface area contributed by atoms with Crippen LogP contribution in [0.3, 0.4) is 0 Å². The summed E-state index contributed by atoms with van der Waals surface area (Å²) in [6, 6.07) is 9.64. The first kappa shape index (κ1) is 22.1. The summed E-state index contributed by atoms with van der Waals surface area (Å²) in [5, 5.41) is 8.64. The third kappa shape index (κ3) is 4.71. The number of amides is 3. The van der Waals surface area contributed by atoms with Crippen molar-refractivity contribution in [1.29, 1.82) is 0 Å². The molecule has 0 aromatic heterocycles. The van der Waals surface area contributed by atoms with Gasteiger partial charge < -0.3 is 14.8 Å². The van der Waals surface area contributed by atoms with Crippen LogP contribution in [0, 0.1) is 0 Å². The van der Waals surface area contributed by atoms with Crippen molar-refractivity contribution in [1.82, 2.24) is 9.91 Å². The van der Waals surface area contributed by atoms with Crippen LogP contribution < -0.4 is 10.1 Å². The Kier molecular flexibility index (Phi) is 6.33. The second kappa shape index (κ2) is 9.17. The Balaban J connectivity index is 1.55. The van der Waals surface area contributed by atoms with E-state index in [2.05, 4.69) is 15.2 Å². The van der Waals surface area contributed by atoms with E-state index in [0.29, 0.717) is 22.8 Å². The molecule has 2 aliphatic rings. The van der Waals surface area contributed by atoms with E-state index in [1.807, 2.05) is 0 Å². The van der Waals surface area contributed by atoms with E-state index in [0.717, 1.165) is 0 Å². The molecule has 0 bridgehead atoms. The molecule has 0 saturated carbocycles. The molecule has 4 rings (SSSR count). The number of halogens is 4. The number of urea groups is 1. The summed E-state index contributed by atoms with van der Waals surface area (Å²) in [5.74, 6) is -0.212. The monoisotopic (exact) mass is 484 g/mol. The molecule has 1 atom stereocenters. The molecular weight excluding hydrogens is 469 g/mol. The van der Waals surface area contributed by atoms with Gasteiger partial charge in [0.15, 0.2) is 0 Å². The van der Waals surface area contributed by atoms with Crippen molar-refractivity contribution in [2.75, 3.05) is 25.0 Å². The van der Waals surface area contributed by atoms with Gasteiger partial charge >= 0.3 is 18.7 Å². The maximum Gasteiger partial charge on any atom is 0.410 e. The zero-order chi connectivity index (χ0) is 22.8. The van der Waals surface area contributed by atoms with Gasteiger partial charge in [-0.15, -0.1) is 0 Å². The van der Waals surface area contributed by atoms with E-state index >= 15 is 0 Å². The molecule has 168 valence electrons. The van der Waals surface area contributed by atoms with E-state index in [9.17, 15) is 18.4 Å². The number of hydrogen-bond donors (Lipinski definition) is 1. The molecule has 2 aromatic carbocycles. The van der Waals surface area contributed by atoms with Gasteiger partial charge in [0, 0.05) is 16.3 Å². The number of cyclic esters (lactones) is 1. The van der Waals surface area contributed by atoms with Gasteiger partial charge in [-0.1, -0.05) is 35.3 Å². The van der Waals surface area contributed by atoms with Crippen LogP contribution in [0.5, 0.6) is 5.75 Å². The normalized spacial score (nSPS) is 18.1. The van der Waals surface area contributed by atoms with E-state index in [1.165, 1.54) is 28.1 Å². The molecule has 0 spiro atoms. The van der Waals surface area contributed by atoms with E-state index in [-0.39, 0.29) is 29.6 Å². The van der Waals surface area contributed by atoms with Crippen LogP contribution in [-0.2, 0) is 4.74 Å². The zero-order valence-corrected chi connectivity index (χ0v) is 17.8. The van der Waals surface area contributed by atoms with Crippen LogP contribution in [0.2, 0.25) is 10.0 Å². The average molecular weight is 485 g/mol. The predicted octanol–water partition coefficient (Wildman–Crippen LogP) is 4.67. The van der Waals surface area contributed by atoms with Crippen LogP contribution in [0.4, 0.5) is 24.1 Å². The minimum absolute atomic E-state index is 0.0902. The Labute approximate surface area is 191 Å². The Morgan fingerprint density at radius 1 is 1.22 bits per heavy atom. The number of carbonyl (C=O) groups excluding carboxylic acids is 2. The van der Waals surface area contributed by atoms with Crippen molar-refractivity contribution in [2.45, 2.75) is 12.7 Å². The van der Waals surface area contributed by atoms with Crippen molar-refractivity contribution in [3.05, 3.63) is 58.1 Å². The van der Waals surface area contributed by atoms with Crippen molar-refractivity contribution in [2.24, 2.45) is 5.10 Å². The molecule has 1 N–H and O–H groups in total. The summed E-state index contributed by atoms with van der Waals surface area (Å²) in [5.41, 5.74) is 1.47. The quantitative estimate of drug-likeness (QED) is 0.668. The lowest BCUT2D eigenvalue weighted by Gasteiger charge is -2.23. The number of anilines is 1. The summed E-state index contributed by atoms with van der Waals surface area (Å²) in [7, 11) is 0. The fourth-order valence-corrected chi connectivity index (χ4v) is 3.73. The molecule has 2 aliphatic heterocycles. The highest BCUT2D eigenvalue weighted by atomic mass is 35.5. The Bertz CT molecular complexity index is 1070. The largest absolute Gasteiger partial charge is 0.448 e. The molecule has 3 amide bonds. The maximum absolute atomic E-state index is 12.8. The molecule has 12 heteroatoms. The molecule has 0 radical (unpaired) electrons.